The molecule has 28 heavy (non-hydrogen) atoms. The molecule has 9 heteroatoms. The van der Waals surface area contributed by atoms with E-state index in [1.54, 1.807) is 26.0 Å². The van der Waals surface area contributed by atoms with Crippen LogP contribution in [0, 0.1) is 21.8 Å². The van der Waals surface area contributed by atoms with Crippen molar-refractivity contribution in [1.29, 1.82) is 0 Å². The van der Waals surface area contributed by atoms with Crippen LogP contribution in [0.5, 0.6) is 0 Å². The highest BCUT2D eigenvalue weighted by Crippen LogP contribution is 2.22. The molecule has 0 spiro atoms. The van der Waals surface area contributed by atoms with Crippen molar-refractivity contribution < 1.29 is 23.6 Å². The van der Waals surface area contributed by atoms with Crippen LogP contribution in [0.3, 0.4) is 0 Å². The van der Waals surface area contributed by atoms with Crippen LogP contribution in [0.15, 0.2) is 48.5 Å². The number of anilines is 1. The van der Waals surface area contributed by atoms with E-state index < -0.39 is 34.5 Å². The Morgan fingerprint density at radius 2 is 1.86 bits per heavy atom. The lowest BCUT2D eigenvalue weighted by atomic mass is 10.0. The number of carbonyl (C=O) groups excluding carboxylic acids is 2. The minimum Gasteiger partial charge on any atom is -0.445 e. The van der Waals surface area contributed by atoms with Gasteiger partial charge in [-0.2, -0.15) is 4.39 Å². The summed E-state index contributed by atoms with van der Waals surface area (Å²) in [5.74, 6) is -1.90. The summed E-state index contributed by atoms with van der Waals surface area (Å²) in [5, 5.41) is 15.7. The summed E-state index contributed by atoms with van der Waals surface area (Å²) in [4.78, 5) is 34.4. The number of nitrogens with one attached hydrogen (secondary N) is 2. The Morgan fingerprint density at radius 3 is 2.46 bits per heavy atom. The predicted octanol–water partition coefficient (Wildman–Crippen LogP) is 3.62. The molecular weight excluding hydrogens is 369 g/mol. The number of carbonyl (C=O) groups is 2. The van der Waals surface area contributed by atoms with E-state index in [2.05, 4.69) is 10.6 Å². The molecule has 0 bridgehead atoms. The van der Waals surface area contributed by atoms with Gasteiger partial charge in [-0.1, -0.05) is 44.2 Å². The Labute approximate surface area is 160 Å². The maximum atomic E-state index is 13.4. The van der Waals surface area contributed by atoms with Crippen molar-refractivity contribution in [3.05, 3.63) is 70.0 Å². The molecule has 0 aliphatic rings. The Balaban J connectivity index is 2.00. The largest absolute Gasteiger partial charge is 0.445 e. The fourth-order valence-corrected chi connectivity index (χ4v) is 2.38. The third-order valence-electron chi connectivity index (χ3n) is 3.85. The average molecular weight is 389 g/mol. The van der Waals surface area contributed by atoms with Gasteiger partial charge in [0.15, 0.2) is 0 Å². The zero-order chi connectivity index (χ0) is 20.7. The van der Waals surface area contributed by atoms with E-state index in [9.17, 15) is 24.1 Å². The van der Waals surface area contributed by atoms with Gasteiger partial charge in [0.1, 0.15) is 12.6 Å². The first kappa shape index (κ1) is 20.8. The van der Waals surface area contributed by atoms with Crippen LogP contribution < -0.4 is 10.6 Å². The normalized spacial score (nSPS) is 11.6. The third-order valence-corrected chi connectivity index (χ3v) is 3.85. The van der Waals surface area contributed by atoms with Crippen LogP contribution in [-0.4, -0.2) is 23.0 Å². The number of halogens is 1. The first-order chi connectivity index (χ1) is 13.3. The number of benzene rings is 2. The molecule has 0 aromatic heterocycles. The fourth-order valence-electron chi connectivity index (χ4n) is 2.38. The molecule has 0 saturated carbocycles. The van der Waals surface area contributed by atoms with Crippen LogP contribution in [0.1, 0.15) is 19.4 Å². The standard InChI is InChI=1S/C19H20FN3O5/c1-12(2)17(22-19(25)28-11-13-6-4-3-5-7-13)18(24)21-14-8-9-15(20)16(10-14)23(26)27/h3-10,12,17H,11H2,1-2H3,(H,21,24)(H,22,25)/t17-/m0/s1. The average Bonchev–Trinajstić information content (AvgIpc) is 2.66. The Morgan fingerprint density at radius 1 is 1.18 bits per heavy atom. The molecular formula is C19H20FN3O5. The lowest BCUT2D eigenvalue weighted by molar-refractivity contribution is -0.387. The van der Waals surface area contributed by atoms with Crippen molar-refractivity contribution in [3.8, 4) is 0 Å². The third kappa shape index (κ3) is 5.76. The number of alkyl carbamates (subject to hydrolysis) is 1. The minimum absolute atomic E-state index is 0.0446. The Hall–Kier alpha value is -3.49. The maximum Gasteiger partial charge on any atom is 0.408 e. The summed E-state index contributed by atoms with van der Waals surface area (Å²) < 4.78 is 18.5. The predicted molar refractivity (Wildman–Crippen MR) is 100 cm³/mol. The van der Waals surface area contributed by atoms with Crippen LogP contribution in [0.25, 0.3) is 0 Å². The van der Waals surface area contributed by atoms with Crippen LogP contribution >= 0.6 is 0 Å². The van der Waals surface area contributed by atoms with E-state index in [4.69, 9.17) is 4.74 Å². The fraction of sp³-hybridized carbons (Fsp3) is 0.263. The Bertz CT molecular complexity index is 858. The van der Waals surface area contributed by atoms with Gasteiger partial charge in [-0.25, -0.2) is 4.79 Å². The molecule has 0 aliphatic carbocycles. The van der Waals surface area contributed by atoms with Gasteiger partial charge >= 0.3 is 11.8 Å². The molecule has 2 rings (SSSR count). The molecule has 2 N–H and O–H groups in total. The summed E-state index contributed by atoms with van der Waals surface area (Å²) >= 11 is 0. The van der Waals surface area contributed by atoms with Gasteiger partial charge in [0.2, 0.25) is 11.7 Å². The first-order valence-corrected chi connectivity index (χ1v) is 8.50. The van der Waals surface area contributed by atoms with Crippen molar-refractivity contribution in [2.24, 2.45) is 5.92 Å². The van der Waals surface area contributed by atoms with E-state index in [1.165, 1.54) is 6.07 Å². The molecule has 0 aliphatic heterocycles. The highest BCUT2D eigenvalue weighted by molar-refractivity contribution is 5.97. The molecule has 148 valence electrons. The van der Waals surface area contributed by atoms with Crippen molar-refractivity contribution >= 4 is 23.4 Å². The van der Waals surface area contributed by atoms with Crippen molar-refractivity contribution in [2.45, 2.75) is 26.5 Å². The van der Waals surface area contributed by atoms with Gasteiger partial charge in [0, 0.05) is 11.8 Å². The summed E-state index contributed by atoms with van der Waals surface area (Å²) in [6.07, 6.45) is -0.775. The summed E-state index contributed by atoms with van der Waals surface area (Å²) in [6, 6.07) is 11.1. The van der Waals surface area contributed by atoms with Crippen molar-refractivity contribution in [1.82, 2.24) is 5.32 Å². The zero-order valence-corrected chi connectivity index (χ0v) is 15.3. The lowest BCUT2D eigenvalue weighted by Gasteiger charge is -2.21. The molecule has 1 atom stereocenters. The molecule has 8 nitrogen and oxygen atoms in total. The number of hydrogen-bond acceptors (Lipinski definition) is 5. The number of ether oxygens (including phenoxy) is 1. The smallest absolute Gasteiger partial charge is 0.408 e. The van der Waals surface area contributed by atoms with Crippen molar-refractivity contribution in [2.75, 3.05) is 5.32 Å². The Kier molecular flexibility index (Phi) is 7.02. The van der Waals surface area contributed by atoms with E-state index >= 15 is 0 Å². The number of rotatable bonds is 7. The molecule has 2 amide bonds. The first-order valence-electron chi connectivity index (χ1n) is 8.50. The monoisotopic (exact) mass is 389 g/mol. The minimum atomic E-state index is -1.01. The van der Waals surface area contributed by atoms with Gasteiger partial charge in [-0.05, 0) is 23.6 Å². The molecule has 0 saturated heterocycles. The van der Waals surface area contributed by atoms with Gasteiger partial charge in [0.05, 0.1) is 4.92 Å². The van der Waals surface area contributed by atoms with Gasteiger partial charge in [-0.3, -0.25) is 14.9 Å². The summed E-state index contributed by atoms with van der Waals surface area (Å²) in [7, 11) is 0. The van der Waals surface area contributed by atoms with Crippen molar-refractivity contribution in [3.63, 3.8) is 0 Å². The van der Waals surface area contributed by atoms with Crippen LogP contribution in [0.4, 0.5) is 20.6 Å². The molecule has 0 heterocycles. The van der Waals surface area contributed by atoms with Crippen LogP contribution in [-0.2, 0) is 16.1 Å². The second-order valence-corrected chi connectivity index (χ2v) is 6.34. The topological polar surface area (TPSA) is 111 Å². The SMILES string of the molecule is CC(C)[C@H](NC(=O)OCc1ccccc1)C(=O)Nc1ccc(F)c([N+](=O)[O-])c1. The summed E-state index contributed by atoms with van der Waals surface area (Å²) in [6.45, 7) is 3.48. The number of nitrogens with zero attached hydrogens (tertiary/aromatic N) is 1. The molecule has 0 radical (unpaired) electrons. The second kappa shape index (κ2) is 9.45. The molecule has 2 aromatic carbocycles. The number of amides is 2. The highest BCUT2D eigenvalue weighted by atomic mass is 19.1. The van der Waals surface area contributed by atoms with E-state index in [0.29, 0.717) is 0 Å². The quantitative estimate of drug-likeness (QED) is 0.555. The maximum absolute atomic E-state index is 13.4. The lowest BCUT2D eigenvalue weighted by Crippen LogP contribution is -2.47. The van der Waals surface area contributed by atoms with E-state index in [1.807, 2.05) is 18.2 Å². The number of nitro groups is 1. The molecule has 0 fully saturated rings. The molecule has 2 aromatic rings. The van der Waals surface area contributed by atoms with E-state index in [0.717, 1.165) is 17.7 Å². The zero-order valence-electron chi connectivity index (χ0n) is 15.3. The molecule has 0 unspecified atom stereocenters. The number of nitro benzene ring substituents is 1. The van der Waals surface area contributed by atoms with Gasteiger partial charge in [0.25, 0.3) is 0 Å². The van der Waals surface area contributed by atoms with E-state index in [-0.39, 0.29) is 18.2 Å². The summed E-state index contributed by atoms with van der Waals surface area (Å²) in [5.41, 5.74) is 0.0825. The second-order valence-electron chi connectivity index (χ2n) is 6.34. The number of hydrogen-bond donors (Lipinski definition) is 2. The van der Waals surface area contributed by atoms with Gasteiger partial charge in [-0.15, -0.1) is 0 Å². The highest BCUT2D eigenvalue weighted by Gasteiger charge is 2.26. The van der Waals surface area contributed by atoms with Gasteiger partial charge < -0.3 is 15.4 Å². The van der Waals surface area contributed by atoms with Crippen LogP contribution in [0.2, 0.25) is 0 Å².